The number of carbonyl (C=O) groups is 1. The fourth-order valence-electron chi connectivity index (χ4n) is 3.25. The number of aromatic nitrogens is 1. The molecule has 0 bridgehead atoms. The predicted molar refractivity (Wildman–Crippen MR) is 124 cm³/mol. The first-order chi connectivity index (χ1) is 16.2. The van der Waals surface area contributed by atoms with Crippen LogP contribution in [0.15, 0.2) is 53.3 Å². The summed E-state index contributed by atoms with van der Waals surface area (Å²) >= 11 is 0.787. The maximum absolute atomic E-state index is 13.4. The van der Waals surface area contributed by atoms with Crippen molar-refractivity contribution >= 4 is 34.6 Å². The number of rotatable bonds is 6. The van der Waals surface area contributed by atoms with Crippen LogP contribution in [0.4, 0.5) is 18.9 Å². The maximum atomic E-state index is 13.4. The summed E-state index contributed by atoms with van der Waals surface area (Å²) in [4.78, 5) is 25.9. The Kier molecular flexibility index (Phi) is 7.58. The molecule has 34 heavy (non-hydrogen) atoms. The van der Waals surface area contributed by atoms with Gasteiger partial charge in [0.05, 0.1) is 22.4 Å². The Labute approximate surface area is 196 Å². The lowest BCUT2D eigenvalue weighted by Crippen LogP contribution is -2.33. The van der Waals surface area contributed by atoms with Gasteiger partial charge in [0, 0.05) is 6.54 Å². The van der Waals surface area contributed by atoms with Crippen molar-refractivity contribution in [3.63, 3.8) is 0 Å². The van der Waals surface area contributed by atoms with Gasteiger partial charge in [-0.1, -0.05) is 30.3 Å². The van der Waals surface area contributed by atoms with E-state index in [9.17, 15) is 28.0 Å². The van der Waals surface area contributed by atoms with Gasteiger partial charge in [0.1, 0.15) is 16.5 Å². The molecule has 1 aromatic heterocycles. The molecule has 0 fully saturated rings. The fourth-order valence-corrected chi connectivity index (χ4v) is 4.40. The molecule has 0 saturated carbocycles. The molecule has 3 rings (SSSR count). The zero-order valence-corrected chi connectivity index (χ0v) is 19.1. The number of carbonyl (C=O) groups excluding carboxylic acids is 1. The van der Waals surface area contributed by atoms with E-state index in [-0.39, 0.29) is 26.9 Å². The highest BCUT2D eigenvalue weighted by Crippen LogP contribution is 2.32. The number of para-hydroxylation sites is 2. The van der Waals surface area contributed by atoms with Crippen LogP contribution >= 0.6 is 11.3 Å². The molecule has 6 nitrogen and oxygen atoms in total. The van der Waals surface area contributed by atoms with E-state index in [2.05, 4.69) is 5.32 Å². The van der Waals surface area contributed by atoms with Crippen LogP contribution in [-0.2, 0) is 17.5 Å². The third-order valence-corrected chi connectivity index (χ3v) is 5.89. The standard InChI is InChI=1S/C24H20F3N3O3S/c1-3-30-22(32)20(13-15-9-5-6-10-17(15)24(25,26)27)34-23(30)16(14-28)21(31)29-18-11-7-8-12-19(18)33-4-2/h5-13H,3-4H2,1-2H3,(H,29,31)/b20-13-,23-16-. The number of alkyl halides is 3. The van der Waals surface area contributed by atoms with E-state index in [1.54, 1.807) is 38.1 Å². The second-order valence-corrected chi connectivity index (χ2v) is 7.95. The van der Waals surface area contributed by atoms with Crippen molar-refractivity contribution in [1.29, 1.82) is 5.26 Å². The number of benzene rings is 2. The molecular weight excluding hydrogens is 467 g/mol. The van der Waals surface area contributed by atoms with Crippen LogP contribution in [0.2, 0.25) is 0 Å². The fraction of sp³-hybridized carbons (Fsp3) is 0.208. The molecule has 0 aliphatic carbocycles. The Morgan fingerprint density at radius 3 is 2.50 bits per heavy atom. The minimum Gasteiger partial charge on any atom is -0.492 e. The molecule has 0 aliphatic rings. The second kappa shape index (κ2) is 10.4. The molecule has 0 radical (unpaired) electrons. The summed E-state index contributed by atoms with van der Waals surface area (Å²) in [5.41, 5.74) is -1.65. The van der Waals surface area contributed by atoms with Crippen molar-refractivity contribution in [2.45, 2.75) is 26.6 Å². The number of thiazole rings is 1. The van der Waals surface area contributed by atoms with Gasteiger partial charge in [-0.15, -0.1) is 11.3 Å². The van der Waals surface area contributed by atoms with Gasteiger partial charge in [0.15, 0.2) is 5.57 Å². The van der Waals surface area contributed by atoms with Gasteiger partial charge >= 0.3 is 6.18 Å². The van der Waals surface area contributed by atoms with Crippen LogP contribution in [0.5, 0.6) is 5.75 Å². The van der Waals surface area contributed by atoms with Crippen molar-refractivity contribution in [1.82, 2.24) is 4.57 Å². The molecule has 0 unspecified atom stereocenters. The molecule has 3 aromatic rings. The van der Waals surface area contributed by atoms with E-state index in [0.29, 0.717) is 18.0 Å². The first kappa shape index (κ1) is 24.8. The van der Waals surface area contributed by atoms with E-state index >= 15 is 0 Å². The number of halogens is 3. The Morgan fingerprint density at radius 1 is 1.18 bits per heavy atom. The Bertz CT molecular complexity index is 1430. The number of nitrogens with one attached hydrogen (secondary N) is 1. The number of nitriles is 1. The third-order valence-electron chi connectivity index (χ3n) is 4.76. The Hall–Kier alpha value is -3.84. The molecule has 1 amide bonds. The molecule has 0 aliphatic heterocycles. The van der Waals surface area contributed by atoms with Gasteiger partial charge in [0.25, 0.3) is 11.5 Å². The average molecular weight is 488 g/mol. The quantitative estimate of drug-likeness (QED) is 0.577. The third kappa shape index (κ3) is 5.21. The number of hydrogen-bond donors (Lipinski definition) is 1. The van der Waals surface area contributed by atoms with Gasteiger partial charge in [-0.2, -0.15) is 18.4 Å². The Morgan fingerprint density at radius 2 is 1.85 bits per heavy atom. The highest BCUT2D eigenvalue weighted by atomic mass is 32.1. The number of ether oxygens (including phenoxy) is 1. The number of amides is 1. The summed E-state index contributed by atoms with van der Waals surface area (Å²) in [6, 6.07) is 13.4. The zero-order chi connectivity index (χ0) is 24.9. The van der Waals surface area contributed by atoms with Gasteiger partial charge < -0.3 is 10.1 Å². The molecule has 0 spiro atoms. The lowest BCUT2D eigenvalue weighted by molar-refractivity contribution is -0.137. The van der Waals surface area contributed by atoms with Gasteiger partial charge in [0.2, 0.25) is 0 Å². The average Bonchev–Trinajstić information content (AvgIpc) is 3.10. The van der Waals surface area contributed by atoms with E-state index in [1.807, 2.05) is 6.07 Å². The summed E-state index contributed by atoms with van der Waals surface area (Å²) in [6.45, 7) is 3.91. The summed E-state index contributed by atoms with van der Waals surface area (Å²) in [6.07, 6.45) is -3.47. The van der Waals surface area contributed by atoms with Gasteiger partial charge in [-0.3, -0.25) is 14.2 Å². The summed E-state index contributed by atoms with van der Waals surface area (Å²) < 4.78 is 46.8. The molecule has 0 saturated heterocycles. The topological polar surface area (TPSA) is 84.1 Å². The van der Waals surface area contributed by atoms with Crippen LogP contribution in [0, 0.1) is 11.3 Å². The van der Waals surface area contributed by atoms with Crippen LogP contribution in [0.3, 0.4) is 0 Å². The van der Waals surface area contributed by atoms with E-state index in [1.165, 1.54) is 22.8 Å². The molecule has 1 heterocycles. The molecule has 1 N–H and O–H groups in total. The summed E-state index contributed by atoms with van der Waals surface area (Å²) in [5.74, 6) is -0.354. The lowest BCUT2D eigenvalue weighted by atomic mass is 10.1. The lowest BCUT2D eigenvalue weighted by Gasteiger charge is -2.10. The van der Waals surface area contributed by atoms with Crippen molar-refractivity contribution in [2.75, 3.05) is 11.9 Å². The van der Waals surface area contributed by atoms with Crippen LogP contribution in [0.25, 0.3) is 11.6 Å². The second-order valence-electron chi connectivity index (χ2n) is 6.92. The number of hydrogen-bond acceptors (Lipinski definition) is 5. The highest BCUT2D eigenvalue weighted by Gasteiger charge is 2.32. The van der Waals surface area contributed by atoms with Crippen molar-refractivity contribution < 1.29 is 22.7 Å². The van der Waals surface area contributed by atoms with E-state index in [0.717, 1.165) is 23.5 Å². The van der Waals surface area contributed by atoms with Crippen LogP contribution in [-0.4, -0.2) is 17.1 Å². The minimum absolute atomic E-state index is 0.0242. The van der Waals surface area contributed by atoms with Crippen LogP contribution < -0.4 is 24.8 Å². The Balaban J connectivity index is 2.17. The normalized spacial score (nSPS) is 12.8. The van der Waals surface area contributed by atoms with Crippen molar-refractivity contribution in [3.05, 3.63) is 79.2 Å². The van der Waals surface area contributed by atoms with Gasteiger partial charge in [-0.05, 0) is 43.7 Å². The maximum Gasteiger partial charge on any atom is 0.416 e. The largest absolute Gasteiger partial charge is 0.492 e. The number of anilines is 1. The molecule has 0 atom stereocenters. The summed E-state index contributed by atoms with van der Waals surface area (Å²) in [7, 11) is 0. The molecule has 10 heteroatoms. The smallest absolute Gasteiger partial charge is 0.416 e. The minimum atomic E-state index is -4.60. The molecular formula is C24H20F3N3O3S. The summed E-state index contributed by atoms with van der Waals surface area (Å²) in [5, 5.41) is 12.3. The van der Waals surface area contributed by atoms with Gasteiger partial charge in [-0.25, -0.2) is 0 Å². The van der Waals surface area contributed by atoms with E-state index in [4.69, 9.17) is 4.74 Å². The van der Waals surface area contributed by atoms with Crippen LogP contribution in [0.1, 0.15) is 25.0 Å². The van der Waals surface area contributed by atoms with E-state index < -0.39 is 23.2 Å². The number of nitrogens with zero attached hydrogens (tertiary/aromatic N) is 2. The first-order valence-electron chi connectivity index (χ1n) is 10.3. The zero-order valence-electron chi connectivity index (χ0n) is 18.3. The SMILES string of the molecule is CCOc1ccccc1NC(=O)/C(C#N)=c1\s/c(=C\c2ccccc2C(F)(F)F)c(=O)n1CC. The van der Waals surface area contributed by atoms with Crippen molar-refractivity contribution in [2.24, 2.45) is 0 Å². The molecule has 176 valence electrons. The van der Waals surface area contributed by atoms with Crippen molar-refractivity contribution in [3.8, 4) is 11.8 Å². The highest BCUT2D eigenvalue weighted by molar-refractivity contribution is 7.07. The monoisotopic (exact) mass is 487 g/mol. The first-order valence-corrected chi connectivity index (χ1v) is 11.1. The predicted octanol–water partition coefficient (Wildman–Crippen LogP) is 3.49. The molecule has 2 aromatic carbocycles.